The Morgan fingerprint density at radius 3 is 2.52 bits per heavy atom. The fourth-order valence-corrected chi connectivity index (χ4v) is 3.36. The molecule has 5 aromatic rings. The topological polar surface area (TPSA) is 55.6 Å². The summed E-state index contributed by atoms with van der Waals surface area (Å²) in [5.74, 6) is 0.711. The van der Waals surface area contributed by atoms with Crippen LogP contribution in [-0.2, 0) is 6.54 Å². The van der Waals surface area contributed by atoms with Crippen molar-refractivity contribution >= 4 is 33.4 Å². The molecular formula is C22H17N5. The molecular weight excluding hydrogens is 334 g/mol. The third-order valence-electron chi connectivity index (χ3n) is 4.66. The highest BCUT2D eigenvalue weighted by molar-refractivity contribution is 5.87. The van der Waals surface area contributed by atoms with Crippen LogP contribution in [0.1, 0.15) is 5.56 Å². The van der Waals surface area contributed by atoms with E-state index in [0.29, 0.717) is 12.4 Å². The molecule has 0 saturated heterocycles. The molecule has 0 aliphatic rings. The number of fused-ring (bicyclic) bond motifs is 2. The first-order chi connectivity index (χ1) is 13.4. The van der Waals surface area contributed by atoms with E-state index in [1.807, 2.05) is 36.7 Å². The maximum atomic E-state index is 4.57. The Morgan fingerprint density at radius 2 is 1.59 bits per heavy atom. The summed E-state index contributed by atoms with van der Waals surface area (Å²) in [6, 6.07) is 24.8. The van der Waals surface area contributed by atoms with Crippen molar-refractivity contribution in [2.24, 2.45) is 0 Å². The molecule has 3 aromatic carbocycles. The first-order valence-corrected chi connectivity index (χ1v) is 8.83. The highest BCUT2D eigenvalue weighted by Crippen LogP contribution is 2.24. The van der Waals surface area contributed by atoms with Crippen LogP contribution in [0.25, 0.3) is 21.9 Å². The molecule has 0 amide bonds. The average Bonchev–Trinajstić information content (AvgIpc) is 3.13. The predicted octanol–water partition coefficient (Wildman–Crippen LogP) is 4.77. The molecule has 0 bridgehead atoms. The lowest BCUT2D eigenvalue weighted by molar-refractivity contribution is 0.818. The number of nitrogens with zero attached hydrogens (tertiary/aromatic N) is 4. The van der Waals surface area contributed by atoms with Crippen LogP contribution in [0.5, 0.6) is 0 Å². The molecule has 5 nitrogen and oxygen atoms in total. The van der Waals surface area contributed by atoms with Crippen molar-refractivity contribution in [3.8, 4) is 0 Å². The molecule has 0 fully saturated rings. The van der Waals surface area contributed by atoms with Gasteiger partial charge in [-0.25, -0.2) is 15.0 Å². The van der Waals surface area contributed by atoms with E-state index in [4.69, 9.17) is 0 Å². The normalized spacial score (nSPS) is 11.1. The Balaban J connectivity index is 1.54. The summed E-state index contributed by atoms with van der Waals surface area (Å²) < 4.78 is 2.06. The van der Waals surface area contributed by atoms with Crippen molar-refractivity contribution in [3.05, 3.63) is 91.0 Å². The third-order valence-corrected chi connectivity index (χ3v) is 4.66. The number of aromatic nitrogens is 4. The SMILES string of the molecule is c1ccc(Nc2ncnc3c2ncn3Cc2cccc3ccccc23)cc1. The molecule has 0 saturated carbocycles. The summed E-state index contributed by atoms with van der Waals surface area (Å²) in [5, 5.41) is 5.81. The second kappa shape index (κ2) is 6.53. The summed E-state index contributed by atoms with van der Waals surface area (Å²) in [7, 11) is 0. The van der Waals surface area contributed by atoms with Crippen molar-refractivity contribution in [1.29, 1.82) is 0 Å². The minimum absolute atomic E-state index is 0.708. The van der Waals surface area contributed by atoms with E-state index in [-0.39, 0.29) is 0 Å². The Bertz CT molecular complexity index is 1220. The lowest BCUT2D eigenvalue weighted by atomic mass is 10.0. The minimum atomic E-state index is 0.708. The first-order valence-electron chi connectivity index (χ1n) is 8.83. The summed E-state index contributed by atoms with van der Waals surface area (Å²) in [4.78, 5) is 13.4. The van der Waals surface area contributed by atoms with Crippen molar-refractivity contribution < 1.29 is 0 Å². The van der Waals surface area contributed by atoms with Crippen LogP contribution in [0.15, 0.2) is 85.5 Å². The van der Waals surface area contributed by atoms with Crippen molar-refractivity contribution in [2.45, 2.75) is 6.54 Å². The van der Waals surface area contributed by atoms with Gasteiger partial charge in [-0.15, -0.1) is 0 Å². The fraction of sp³-hybridized carbons (Fsp3) is 0.0455. The lowest BCUT2D eigenvalue weighted by Crippen LogP contribution is -2.01. The monoisotopic (exact) mass is 351 g/mol. The number of imidazole rings is 1. The van der Waals surface area contributed by atoms with Crippen LogP contribution in [-0.4, -0.2) is 19.5 Å². The summed E-state index contributed by atoms with van der Waals surface area (Å²) in [5.41, 5.74) is 3.79. The van der Waals surface area contributed by atoms with Gasteiger partial charge in [0.1, 0.15) is 6.33 Å². The lowest BCUT2D eigenvalue weighted by Gasteiger charge is -2.09. The van der Waals surface area contributed by atoms with Gasteiger partial charge < -0.3 is 9.88 Å². The second-order valence-electron chi connectivity index (χ2n) is 6.40. The van der Waals surface area contributed by atoms with Gasteiger partial charge in [0, 0.05) is 5.69 Å². The van der Waals surface area contributed by atoms with Gasteiger partial charge in [-0.3, -0.25) is 0 Å². The number of para-hydroxylation sites is 1. The van der Waals surface area contributed by atoms with E-state index in [9.17, 15) is 0 Å². The van der Waals surface area contributed by atoms with Gasteiger partial charge in [0.25, 0.3) is 0 Å². The van der Waals surface area contributed by atoms with Crippen molar-refractivity contribution in [2.75, 3.05) is 5.32 Å². The van der Waals surface area contributed by atoms with Gasteiger partial charge in [-0.2, -0.15) is 0 Å². The van der Waals surface area contributed by atoms with E-state index in [0.717, 1.165) is 16.9 Å². The van der Waals surface area contributed by atoms with Crippen LogP contribution in [0.2, 0.25) is 0 Å². The molecule has 0 atom stereocenters. The van der Waals surface area contributed by atoms with E-state index in [1.54, 1.807) is 6.33 Å². The smallest absolute Gasteiger partial charge is 0.165 e. The second-order valence-corrected chi connectivity index (χ2v) is 6.40. The molecule has 0 radical (unpaired) electrons. The summed E-state index contributed by atoms with van der Waals surface area (Å²) in [6.07, 6.45) is 3.41. The zero-order valence-electron chi connectivity index (χ0n) is 14.6. The number of rotatable bonds is 4. The predicted molar refractivity (Wildman–Crippen MR) is 108 cm³/mol. The molecule has 130 valence electrons. The largest absolute Gasteiger partial charge is 0.338 e. The zero-order chi connectivity index (χ0) is 18.1. The highest BCUT2D eigenvalue weighted by atomic mass is 15.1. The van der Waals surface area contributed by atoms with Gasteiger partial charge in [0.05, 0.1) is 12.9 Å². The van der Waals surface area contributed by atoms with E-state index >= 15 is 0 Å². The molecule has 0 unspecified atom stereocenters. The molecule has 27 heavy (non-hydrogen) atoms. The Morgan fingerprint density at radius 1 is 0.778 bits per heavy atom. The van der Waals surface area contributed by atoms with Gasteiger partial charge >= 0.3 is 0 Å². The first kappa shape index (κ1) is 15.5. The fourth-order valence-electron chi connectivity index (χ4n) is 3.36. The number of hydrogen-bond donors (Lipinski definition) is 1. The molecule has 2 heterocycles. The van der Waals surface area contributed by atoms with Crippen molar-refractivity contribution in [1.82, 2.24) is 19.5 Å². The summed E-state index contributed by atoms with van der Waals surface area (Å²) in [6.45, 7) is 0.708. The van der Waals surface area contributed by atoms with Gasteiger partial charge in [0.2, 0.25) is 0 Å². The van der Waals surface area contributed by atoms with E-state index in [2.05, 4.69) is 67.3 Å². The van der Waals surface area contributed by atoms with Crippen LogP contribution in [0.4, 0.5) is 11.5 Å². The number of benzene rings is 3. The van der Waals surface area contributed by atoms with Gasteiger partial charge in [0.15, 0.2) is 17.0 Å². The quantitative estimate of drug-likeness (QED) is 0.507. The van der Waals surface area contributed by atoms with E-state index in [1.165, 1.54) is 16.3 Å². The molecule has 0 aliphatic carbocycles. The maximum Gasteiger partial charge on any atom is 0.165 e. The zero-order valence-corrected chi connectivity index (χ0v) is 14.6. The van der Waals surface area contributed by atoms with Crippen LogP contribution >= 0.6 is 0 Å². The number of anilines is 2. The number of hydrogen-bond acceptors (Lipinski definition) is 4. The average molecular weight is 351 g/mol. The molecule has 5 heteroatoms. The third kappa shape index (κ3) is 2.89. The number of nitrogens with one attached hydrogen (secondary N) is 1. The van der Waals surface area contributed by atoms with Crippen LogP contribution < -0.4 is 5.32 Å². The molecule has 1 N–H and O–H groups in total. The van der Waals surface area contributed by atoms with Crippen LogP contribution in [0.3, 0.4) is 0 Å². The molecule has 5 rings (SSSR count). The highest BCUT2D eigenvalue weighted by Gasteiger charge is 2.11. The van der Waals surface area contributed by atoms with E-state index < -0.39 is 0 Å². The molecule has 0 aliphatic heterocycles. The Kier molecular flexibility index (Phi) is 3.76. The molecule has 2 aromatic heterocycles. The van der Waals surface area contributed by atoms with Crippen LogP contribution in [0, 0.1) is 0 Å². The van der Waals surface area contributed by atoms with Gasteiger partial charge in [-0.1, -0.05) is 60.7 Å². The minimum Gasteiger partial charge on any atom is -0.338 e. The maximum absolute atomic E-state index is 4.57. The molecule has 0 spiro atoms. The Hall–Kier alpha value is -3.73. The standard InChI is InChI=1S/C22H17N5/c1-2-10-18(11-3-1)26-21-20-22(24-14-23-21)27(15-25-20)13-17-9-6-8-16-7-4-5-12-19(16)17/h1-12,14-15H,13H2,(H,23,24,26). The van der Waals surface area contributed by atoms with Gasteiger partial charge in [-0.05, 0) is 28.5 Å². The summed E-state index contributed by atoms with van der Waals surface area (Å²) >= 11 is 0. The Labute approximate surface area is 156 Å². The van der Waals surface area contributed by atoms with Crippen molar-refractivity contribution in [3.63, 3.8) is 0 Å².